The number of amides is 5. The number of carboxylic acids is 1. The number of rotatable bonds is 18. The molecule has 3 heterocycles. The summed E-state index contributed by atoms with van der Waals surface area (Å²) in [6.07, 6.45) is -4.24. The first-order valence-corrected chi connectivity index (χ1v) is 26.9. The standard InChI is InChI=1S/C47H49Br2F2N4O16PS/c1-44-10-8-25(56)15-29(44)30(50)16-28-27-17-34-47(33(58)20-69-72(66,67)68,45(27,2)18-32(57)46(28,44)51)71-43(70-34)23-14-26(73-21-23)13-22-4-3-5-24(12-22)53-40(63)31(6-7-37(61)62)54-36(60)19-52-35(59)9-11-55-41(64)38(48)39(49)42(55)65/h3-5,8,10,12,14-15,21,27-28,30-32,34,43,57H,6-7,9,11,13,16-20H2,1-2H3,(H,52,59)(H,53,63)(H,54,60)(H,61,62)(H2,66,67,68)/t27-,28-,30-,31-,32-,34+,43+,44-,45-,46-,47+/m0/s1. The quantitative estimate of drug-likeness (QED) is 0.0810. The number of nitrogens with one attached hydrogen (secondary N) is 3. The topological polar surface area (TPSA) is 302 Å². The van der Waals surface area contributed by atoms with Gasteiger partial charge in [0.15, 0.2) is 29.1 Å². The van der Waals surface area contributed by atoms with Gasteiger partial charge in [-0.15, -0.1) is 11.3 Å². The van der Waals surface area contributed by atoms with Crippen molar-refractivity contribution in [1.82, 2.24) is 15.5 Å². The lowest BCUT2D eigenvalue weighted by Gasteiger charge is -2.63. The van der Waals surface area contributed by atoms with E-state index in [1.165, 1.54) is 24.3 Å². The van der Waals surface area contributed by atoms with Crippen molar-refractivity contribution in [2.24, 2.45) is 22.7 Å². The van der Waals surface area contributed by atoms with E-state index in [0.29, 0.717) is 11.1 Å². The number of alkyl halides is 2. The van der Waals surface area contributed by atoms with Crippen LogP contribution in [-0.4, -0.2) is 127 Å². The van der Waals surface area contributed by atoms with Gasteiger partial charge < -0.3 is 45.4 Å². The van der Waals surface area contributed by atoms with Crippen LogP contribution in [0.5, 0.6) is 0 Å². The summed E-state index contributed by atoms with van der Waals surface area (Å²) in [6.45, 7) is 1.03. The Morgan fingerprint density at radius 1 is 1.03 bits per heavy atom. The molecule has 0 unspecified atom stereocenters. The van der Waals surface area contributed by atoms with E-state index in [0.717, 1.165) is 21.9 Å². The van der Waals surface area contributed by atoms with Gasteiger partial charge in [-0.1, -0.05) is 25.1 Å². The van der Waals surface area contributed by atoms with Gasteiger partial charge in [0.2, 0.25) is 17.7 Å². The fourth-order valence-corrected chi connectivity index (χ4v) is 13.6. The molecule has 1 aromatic carbocycles. The minimum atomic E-state index is -5.20. The zero-order valence-corrected chi connectivity index (χ0v) is 43.7. The second-order valence-electron chi connectivity index (χ2n) is 19.3. The number of nitrogens with zero attached hydrogens (tertiary/aromatic N) is 1. The number of benzene rings is 1. The van der Waals surface area contributed by atoms with Crippen LogP contribution < -0.4 is 16.0 Å². The van der Waals surface area contributed by atoms with Gasteiger partial charge in [-0.05, 0) is 117 Å². The van der Waals surface area contributed by atoms with E-state index in [1.54, 1.807) is 42.6 Å². The van der Waals surface area contributed by atoms with Crippen LogP contribution in [0.1, 0.15) is 74.7 Å². The number of thiophene rings is 1. The fourth-order valence-electron chi connectivity index (χ4n) is 11.6. The lowest BCUT2D eigenvalue weighted by Crippen LogP contribution is -2.70. The van der Waals surface area contributed by atoms with Gasteiger partial charge in [-0.25, -0.2) is 13.3 Å². The Morgan fingerprint density at radius 3 is 2.42 bits per heavy atom. The molecule has 8 rings (SSSR count). The van der Waals surface area contributed by atoms with Crippen LogP contribution in [-0.2, 0) is 63.3 Å². The molecule has 4 aliphatic carbocycles. The van der Waals surface area contributed by atoms with Gasteiger partial charge in [0.1, 0.15) is 27.8 Å². The smallest absolute Gasteiger partial charge is 0.470 e. The van der Waals surface area contributed by atoms with E-state index in [2.05, 4.69) is 52.3 Å². The Balaban J connectivity index is 0.935. The SMILES string of the molecule is C[C@]12C=CC(=O)C=C1[C@@H](F)C[C@H]1[C@@H]3C[C@H]4O[C@@H](c5csc(Cc6cccc(NC(=O)[C@H](CCC(=O)O)NC(=O)CNC(=O)CCN7C(=O)C(Br)=C(Br)C7=O)c6)c5)O[C@@]4(C(=O)COP(=O)(O)O)[C@@]3(C)C[C@H](O)[C@@]12F. The molecule has 11 atom stereocenters. The monoisotopic (exact) mass is 1180 g/mol. The summed E-state index contributed by atoms with van der Waals surface area (Å²) in [6, 6.07) is 7.02. The number of carboxylic acid groups (broad SMARTS) is 1. The Bertz CT molecular complexity index is 2820. The highest BCUT2D eigenvalue weighted by Crippen LogP contribution is 2.73. The number of ketones is 2. The van der Waals surface area contributed by atoms with Crippen molar-refractivity contribution >= 4 is 104 Å². The summed E-state index contributed by atoms with van der Waals surface area (Å²) in [7, 11) is -5.20. The number of halogens is 4. The van der Waals surface area contributed by atoms with E-state index >= 15 is 8.78 Å². The number of phosphoric ester groups is 1. The number of hydrogen-bond donors (Lipinski definition) is 7. The molecular weight excluding hydrogens is 1140 g/mol. The Morgan fingerprint density at radius 2 is 1.74 bits per heavy atom. The van der Waals surface area contributed by atoms with Crippen LogP contribution in [0.3, 0.4) is 0 Å². The van der Waals surface area contributed by atoms with Crippen molar-refractivity contribution in [2.75, 3.05) is 25.0 Å². The maximum Gasteiger partial charge on any atom is 0.470 e. The molecule has 0 bridgehead atoms. The van der Waals surface area contributed by atoms with E-state index in [4.69, 9.17) is 9.47 Å². The molecule has 73 heavy (non-hydrogen) atoms. The zero-order chi connectivity index (χ0) is 53.2. The van der Waals surface area contributed by atoms with E-state index in [9.17, 15) is 62.9 Å². The largest absolute Gasteiger partial charge is 0.481 e. The molecule has 6 aliphatic rings. The first kappa shape index (κ1) is 54.6. The zero-order valence-electron chi connectivity index (χ0n) is 38.8. The van der Waals surface area contributed by atoms with Crippen LogP contribution in [0.15, 0.2) is 68.5 Å². The molecule has 20 nitrogen and oxygen atoms in total. The molecule has 26 heteroatoms. The molecule has 4 fully saturated rings. The summed E-state index contributed by atoms with van der Waals surface area (Å²) in [5.41, 5.74) is -6.42. The average Bonchev–Trinajstić information content (AvgIpc) is 4.05. The van der Waals surface area contributed by atoms with Crippen LogP contribution in [0.2, 0.25) is 0 Å². The third kappa shape index (κ3) is 10.0. The van der Waals surface area contributed by atoms with Crippen molar-refractivity contribution < 1.29 is 85.7 Å². The molecule has 1 saturated heterocycles. The number of aliphatic hydroxyl groups excluding tert-OH is 1. The lowest BCUT2D eigenvalue weighted by atomic mass is 9.44. The van der Waals surface area contributed by atoms with Gasteiger partial charge in [0.05, 0.1) is 18.8 Å². The second kappa shape index (κ2) is 20.4. The first-order valence-electron chi connectivity index (χ1n) is 22.9. The molecule has 3 saturated carbocycles. The Labute approximate surface area is 435 Å². The molecule has 392 valence electrons. The molecule has 2 aliphatic heterocycles. The number of hydrogen-bond acceptors (Lipinski definition) is 14. The number of Topliss-reactive ketones (excluding diaryl/α,β-unsaturated/α-hetero) is 1. The van der Waals surface area contributed by atoms with E-state index in [-0.39, 0.29) is 52.5 Å². The number of allylic oxidation sites excluding steroid dienone is 4. The van der Waals surface area contributed by atoms with E-state index < -0.39 is 152 Å². The fraction of sp³-hybridized carbons (Fsp3) is 0.489. The number of phosphoric acid groups is 1. The van der Waals surface area contributed by atoms with Gasteiger partial charge in [0, 0.05) is 58.7 Å². The van der Waals surface area contributed by atoms with Gasteiger partial charge in [-0.3, -0.25) is 47.8 Å². The average molecular weight is 1190 g/mol. The number of aliphatic carboxylic acids is 1. The predicted molar refractivity (Wildman–Crippen MR) is 259 cm³/mol. The third-order valence-corrected chi connectivity index (χ3v) is 18.5. The Hall–Kier alpha value is -4.69. The van der Waals surface area contributed by atoms with E-state index in [1.807, 2.05) is 0 Å². The van der Waals surface area contributed by atoms with Crippen LogP contribution in [0, 0.1) is 22.7 Å². The number of imide groups is 1. The Kier molecular flexibility index (Phi) is 15.3. The molecular formula is C47H49Br2F2N4O16PS. The number of fused-ring (bicyclic) bond motifs is 7. The first-order chi connectivity index (χ1) is 34.2. The second-order valence-corrected chi connectivity index (χ2v) is 23.1. The number of carbonyl (C=O) groups is 8. The van der Waals surface area contributed by atoms with Crippen molar-refractivity contribution in [3.05, 3.63) is 84.5 Å². The highest BCUT2D eigenvalue weighted by Gasteiger charge is 2.80. The summed E-state index contributed by atoms with van der Waals surface area (Å²) in [5.74, 6) is -8.30. The van der Waals surface area contributed by atoms with Crippen molar-refractivity contribution in [2.45, 2.75) is 101 Å². The summed E-state index contributed by atoms with van der Waals surface area (Å²) >= 11 is 7.28. The maximum absolute atomic E-state index is 17.9. The van der Waals surface area contributed by atoms with Crippen molar-refractivity contribution in [1.29, 1.82) is 0 Å². The molecule has 0 radical (unpaired) electrons. The summed E-state index contributed by atoms with van der Waals surface area (Å²) in [5, 5.41) is 30.4. The number of aliphatic hydroxyl groups is 1. The van der Waals surface area contributed by atoms with Crippen LogP contribution in [0.4, 0.5) is 14.5 Å². The minimum Gasteiger partial charge on any atom is -0.481 e. The molecule has 1 aromatic heterocycles. The minimum absolute atomic E-state index is 0.00573. The van der Waals surface area contributed by atoms with Crippen LogP contribution in [0.25, 0.3) is 0 Å². The highest BCUT2D eigenvalue weighted by molar-refractivity contribution is 9.14. The molecule has 2 aromatic rings. The number of anilines is 1. The normalized spacial score (nSPS) is 31.8. The van der Waals surface area contributed by atoms with Crippen molar-refractivity contribution in [3.8, 4) is 0 Å². The van der Waals surface area contributed by atoms with Crippen LogP contribution >= 0.6 is 51.0 Å². The number of carbonyl (C=O) groups excluding carboxylic acids is 7. The maximum atomic E-state index is 17.9. The van der Waals surface area contributed by atoms with Gasteiger partial charge in [-0.2, -0.15) is 0 Å². The summed E-state index contributed by atoms with van der Waals surface area (Å²) < 4.78 is 63.7. The van der Waals surface area contributed by atoms with Crippen molar-refractivity contribution in [3.63, 3.8) is 0 Å². The predicted octanol–water partition coefficient (Wildman–Crippen LogP) is 4.26. The van der Waals surface area contributed by atoms with Gasteiger partial charge >= 0.3 is 13.8 Å². The molecule has 5 amide bonds. The number of ether oxygens (including phenoxy) is 2. The lowest BCUT2D eigenvalue weighted by molar-refractivity contribution is -0.235. The molecule has 7 N–H and O–H groups in total. The third-order valence-electron chi connectivity index (χ3n) is 15.0. The summed E-state index contributed by atoms with van der Waals surface area (Å²) in [4.78, 5) is 122. The highest BCUT2D eigenvalue weighted by atomic mass is 79.9. The molecule has 0 spiro atoms. The van der Waals surface area contributed by atoms with Gasteiger partial charge in [0.25, 0.3) is 11.8 Å².